The maximum atomic E-state index is 10.6. The minimum Gasteiger partial charge on any atom is -0.550 e. The number of hydrogen-bond donors (Lipinski definition) is 2. The van der Waals surface area contributed by atoms with Crippen molar-refractivity contribution in [2.75, 3.05) is 0 Å². The predicted octanol–water partition coefficient (Wildman–Crippen LogP) is -2.64. The number of carboxylic acids is 1. The van der Waals surface area contributed by atoms with Crippen molar-refractivity contribution in [1.82, 2.24) is 9.97 Å². The molecule has 1 rings (SSSR count). The molecule has 12 heavy (non-hydrogen) atoms. The Morgan fingerprint density at radius 1 is 1.42 bits per heavy atom. The average Bonchev–Trinajstić information content (AvgIpc) is 1.81. The molecule has 0 amide bonds. The Morgan fingerprint density at radius 2 is 2.08 bits per heavy atom. The quantitative estimate of drug-likeness (QED) is 0.504. The van der Waals surface area contributed by atoms with Crippen molar-refractivity contribution in [1.29, 1.82) is 0 Å². The molecule has 2 N–H and O–H groups in total. The zero-order valence-corrected chi connectivity index (χ0v) is 5.92. The first kappa shape index (κ1) is 8.25. The fourth-order valence-corrected chi connectivity index (χ4v) is 0.770. The van der Waals surface area contributed by atoms with E-state index in [-0.39, 0.29) is 5.69 Å². The van der Waals surface area contributed by atoms with E-state index >= 15 is 0 Å². The van der Waals surface area contributed by atoms with Gasteiger partial charge in [-0.05, 0) is 0 Å². The minimum atomic E-state index is -1.35. The zero-order valence-electron chi connectivity index (χ0n) is 5.92. The predicted molar refractivity (Wildman–Crippen MR) is 36.4 cm³/mol. The number of aliphatic carboxylic acids is 1. The van der Waals surface area contributed by atoms with Crippen LogP contribution in [0.5, 0.6) is 0 Å². The molecule has 6 nitrogen and oxygen atoms in total. The molecule has 0 aliphatic heterocycles. The van der Waals surface area contributed by atoms with Crippen molar-refractivity contribution >= 4 is 5.97 Å². The van der Waals surface area contributed by atoms with E-state index in [4.69, 9.17) is 0 Å². The van der Waals surface area contributed by atoms with Crippen LogP contribution in [0.4, 0.5) is 0 Å². The standard InChI is InChI=1S/C6H6N2O4/c9-4-1-3(2-5(10)11)7-6(12)8-4/h1H,2H2,(H,10,11)(H2,7,8,9,12)/p-1. The van der Waals surface area contributed by atoms with Crippen molar-refractivity contribution in [2.24, 2.45) is 0 Å². The van der Waals surface area contributed by atoms with Gasteiger partial charge in [0, 0.05) is 24.2 Å². The Kier molecular flexibility index (Phi) is 2.09. The third-order valence-corrected chi connectivity index (χ3v) is 1.15. The number of nitrogens with one attached hydrogen (secondary N) is 2. The largest absolute Gasteiger partial charge is 0.550 e. The van der Waals surface area contributed by atoms with Gasteiger partial charge in [-0.25, -0.2) is 4.79 Å². The molecule has 0 spiro atoms. The summed E-state index contributed by atoms with van der Waals surface area (Å²) >= 11 is 0. The third-order valence-electron chi connectivity index (χ3n) is 1.15. The summed E-state index contributed by atoms with van der Waals surface area (Å²) in [4.78, 5) is 35.3. The second-order valence-corrected chi connectivity index (χ2v) is 2.16. The summed E-state index contributed by atoms with van der Waals surface area (Å²) in [6, 6.07) is 0.997. The molecule has 0 saturated heterocycles. The molecule has 0 aliphatic carbocycles. The highest BCUT2D eigenvalue weighted by Crippen LogP contribution is 1.84. The van der Waals surface area contributed by atoms with Crippen molar-refractivity contribution in [3.05, 3.63) is 32.6 Å². The van der Waals surface area contributed by atoms with Gasteiger partial charge in [-0.15, -0.1) is 0 Å². The number of H-pyrrole nitrogens is 2. The Morgan fingerprint density at radius 3 is 2.58 bits per heavy atom. The van der Waals surface area contributed by atoms with Gasteiger partial charge in [-0.1, -0.05) is 0 Å². The van der Waals surface area contributed by atoms with Crippen LogP contribution >= 0.6 is 0 Å². The second kappa shape index (κ2) is 3.04. The van der Waals surface area contributed by atoms with Crippen LogP contribution < -0.4 is 16.4 Å². The number of rotatable bonds is 2. The van der Waals surface area contributed by atoms with Crippen LogP contribution in [0.1, 0.15) is 5.69 Å². The molecule has 0 aliphatic rings. The molecule has 1 aromatic heterocycles. The monoisotopic (exact) mass is 169 g/mol. The fraction of sp³-hybridized carbons (Fsp3) is 0.167. The van der Waals surface area contributed by atoms with E-state index in [0.717, 1.165) is 6.07 Å². The summed E-state index contributed by atoms with van der Waals surface area (Å²) in [5.41, 5.74) is -1.32. The van der Waals surface area contributed by atoms with Crippen molar-refractivity contribution in [3.8, 4) is 0 Å². The molecule has 0 fully saturated rings. The zero-order chi connectivity index (χ0) is 9.14. The summed E-state index contributed by atoms with van der Waals surface area (Å²) in [6.07, 6.45) is -0.473. The van der Waals surface area contributed by atoms with Gasteiger partial charge < -0.3 is 14.9 Å². The Labute approximate surface area is 65.9 Å². The van der Waals surface area contributed by atoms with E-state index in [1.54, 1.807) is 0 Å². The fourth-order valence-electron chi connectivity index (χ4n) is 0.770. The van der Waals surface area contributed by atoms with Crippen LogP contribution in [0.2, 0.25) is 0 Å². The second-order valence-electron chi connectivity index (χ2n) is 2.16. The van der Waals surface area contributed by atoms with Crippen LogP contribution in [0.3, 0.4) is 0 Å². The summed E-state index contributed by atoms with van der Waals surface area (Å²) in [7, 11) is 0. The molecule has 64 valence electrons. The van der Waals surface area contributed by atoms with Gasteiger partial charge in [-0.3, -0.25) is 9.78 Å². The molecular formula is C6H5N2O4-. The Hall–Kier alpha value is -1.85. The van der Waals surface area contributed by atoms with E-state index in [1.807, 2.05) is 4.98 Å². The average molecular weight is 169 g/mol. The number of carbonyl (C=O) groups excluding carboxylic acids is 1. The van der Waals surface area contributed by atoms with E-state index in [0.29, 0.717) is 0 Å². The number of carboxylic acid groups (broad SMARTS) is 1. The van der Waals surface area contributed by atoms with Crippen LogP contribution in [-0.2, 0) is 11.2 Å². The third kappa shape index (κ3) is 2.08. The molecule has 1 aromatic rings. The van der Waals surface area contributed by atoms with E-state index in [1.165, 1.54) is 0 Å². The molecule has 0 atom stereocenters. The number of aromatic amines is 2. The van der Waals surface area contributed by atoms with Gasteiger partial charge in [0.05, 0.1) is 0 Å². The molecule has 0 radical (unpaired) electrons. The van der Waals surface area contributed by atoms with Gasteiger partial charge >= 0.3 is 5.69 Å². The molecular weight excluding hydrogens is 164 g/mol. The lowest BCUT2D eigenvalue weighted by Gasteiger charge is -1.99. The van der Waals surface area contributed by atoms with Crippen molar-refractivity contribution < 1.29 is 9.90 Å². The SMILES string of the molecule is O=C([O-])Cc1cc(=O)[nH]c(=O)[nH]1. The highest BCUT2D eigenvalue weighted by Gasteiger charge is 1.95. The molecule has 0 aromatic carbocycles. The van der Waals surface area contributed by atoms with Crippen LogP contribution in [0, 0.1) is 0 Å². The van der Waals surface area contributed by atoms with E-state index < -0.39 is 23.6 Å². The first-order valence-corrected chi connectivity index (χ1v) is 3.10. The summed E-state index contributed by atoms with van der Waals surface area (Å²) < 4.78 is 0. The Balaban J connectivity index is 3.09. The summed E-state index contributed by atoms with van der Waals surface area (Å²) in [5.74, 6) is -1.35. The first-order chi connectivity index (χ1) is 5.58. The number of aromatic nitrogens is 2. The minimum absolute atomic E-state index is 0.0313. The molecule has 0 bridgehead atoms. The van der Waals surface area contributed by atoms with Crippen LogP contribution in [-0.4, -0.2) is 15.9 Å². The molecule has 6 heteroatoms. The van der Waals surface area contributed by atoms with Gasteiger partial charge in [0.25, 0.3) is 5.56 Å². The lowest BCUT2D eigenvalue weighted by atomic mass is 10.3. The molecule has 1 heterocycles. The maximum Gasteiger partial charge on any atom is 0.325 e. The van der Waals surface area contributed by atoms with Crippen molar-refractivity contribution in [2.45, 2.75) is 6.42 Å². The molecule has 0 saturated carbocycles. The summed E-state index contributed by atoms with van der Waals surface area (Å²) in [6.45, 7) is 0. The highest BCUT2D eigenvalue weighted by atomic mass is 16.4. The maximum absolute atomic E-state index is 10.6. The van der Waals surface area contributed by atoms with Crippen LogP contribution in [0.25, 0.3) is 0 Å². The van der Waals surface area contributed by atoms with Crippen molar-refractivity contribution in [3.63, 3.8) is 0 Å². The highest BCUT2D eigenvalue weighted by molar-refractivity contribution is 5.67. The normalized spacial score (nSPS) is 9.67. The number of carbonyl (C=O) groups is 1. The first-order valence-electron chi connectivity index (χ1n) is 3.10. The smallest absolute Gasteiger partial charge is 0.325 e. The van der Waals surface area contributed by atoms with Gasteiger partial charge in [0.1, 0.15) is 0 Å². The van der Waals surface area contributed by atoms with Gasteiger partial charge in [0.15, 0.2) is 0 Å². The van der Waals surface area contributed by atoms with Gasteiger partial charge in [-0.2, -0.15) is 0 Å². The molecule has 0 unspecified atom stereocenters. The van der Waals surface area contributed by atoms with E-state index in [9.17, 15) is 19.5 Å². The van der Waals surface area contributed by atoms with Gasteiger partial charge in [0.2, 0.25) is 0 Å². The van der Waals surface area contributed by atoms with E-state index in [2.05, 4.69) is 4.98 Å². The topological polar surface area (TPSA) is 106 Å². The summed E-state index contributed by atoms with van der Waals surface area (Å²) in [5, 5.41) is 10.0. The number of hydrogen-bond acceptors (Lipinski definition) is 4. The lowest BCUT2D eigenvalue weighted by Crippen LogP contribution is -2.29. The lowest BCUT2D eigenvalue weighted by molar-refractivity contribution is -0.304. The van der Waals surface area contributed by atoms with Crippen LogP contribution in [0.15, 0.2) is 15.7 Å². The Bertz CT molecular complexity index is 374.